The van der Waals surface area contributed by atoms with E-state index in [2.05, 4.69) is 50.9 Å². The highest BCUT2D eigenvalue weighted by Crippen LogP contribution is 2.62. The fourth-order valence-electron chi connectivity index (χ4n) is 6.16. The number of aliphatic imine (C=N–C) groups is 1. The van der Waals surface area contributed by atoms with Crippen LogP contribution in [0.25, 0.3) is 0 Å². The smallest absolute Gasteiger partial charge is 0.191 e. The second-order valence-corrected chi connectivity index (χ2v) is 9.16. The molecule has 4 unspecified atom stereocenters. The molecule has 0 radical (unpaired) electrons. The quantitative estimate of drug-likeness (QED) is 0.363. The van der Waals surface area contributed by atoms with Crippen LogP contribution in [0.2, 0.25) is 0 Å². The van der Waals surface area contributed by atoms with Crippen molar-refractivity contribution in [1.29, 1.82) is 0 Å². The standard InChI is InChI=1S/C23H34N4O.HI/c1-24-22(26-20-19-10-14-28-21(19)23(20)11-6-12-23)25-15-18-9-5-13-27(18)16-17-7-3-2-4-8-17;/h2-4,7-8,18-21H,5-6,9-16H2,1H3,(H2,24,25,26);1H. The first-order valence-corrected chi connectivity index (χ1v) is 11.2. The second kappa shape index (κ2) is 9.10. The fraction of sp³-hybridized carbons (Fsp3) is 0.696. The molecule has 2 N–H and O–H groups in total. The molecule has 1 aromatic carbocycles. The molecule has 5 rings (SSSR count). The van der Waals surface area contributed by atoms with Gasteiger partial charge in [0, 0.05) is 50.2 Å². The molecule has 6 heteroatoms. The van der Waals surface area contributed by atoms with Crippen molar-refractivity contribution in [2.24, 2.45) is 16.3 Å². The zero-order chi connectivity index (χ0) is 19.0. The molecular formula is C23H35IN4O. The average molecular weight is 510 g/mol. The van der Waals surface area contributed by atoms with E-state index < -0.39 is 0 Å². The fourth-order valence-corrected chi connectivity index (χ4v) is 6.16. The van der Waals surface area contributed by atoms with E-state index in [-0.39, 0.29) is 24.0 Å². The van der Waals surface area contributed by atoms with Crippen LogP contribution in [0.5, 0.6) is 0 Å². The maximum atomic E-state index is 6.06. The third-order valence-electron chi connectivity index (χ3n) is 7.78. The van der Waals surface area contributed by atoms with Crippen LogP contribution in [0.1, 0.15) is 44.1 Å². The molecule has 2 aliphatic carbocycles. The molecule has 1 aromatic rings. The van der Waals surface area contributed by atoms with E-state index in [0.29, 0.717) is 29.5 Å². The second-order valence-electron chi connectivity index (χ2n) is 9.16. The maximum Gasteiger partial charge on any atom is 0.191 e. The Labute approximate surface area is 192 Å². The van der Waals surface area contributed by atoms with Crippen molar-refractivity contribution in [2.75, 3.05) is 26.7 Å². The first kappa shape index (κ1) is 21.4. The molecule has 0 amide bonds. The largest absolute Gasteiger partial charge is 0.377 e. The molecule has 4 atom stereocenters. The highest BCUT2D eigenvalue weighted by molar-refractivity contribution is 14.0. The van der Waals surface area contributed by atoms with Crippen molar-refractivity contribution in [3.05, 3.63) is 35.9 Å². The summed E-state index contributed by atoms with van der Waals surface area (Å²) in [6.45, 7) is 4.15. The van der Waals surface area contributed by atoms with E-state index in [1.807, 2.05) is 7.05 Å². The first-order chi connectivity index (χ1) is 13.8. The summed E-state index contributed by atoms with van der Waals surface area (Å²) < 4.78 is 6.06. The highest BCUT2D eigenvalue weighted by atomic mass is 127. The summed E-state index contributed by atoms with van der Waals surface area (Å²) in [5.41, 5.74) is 1.80. The number of fused-ring (bicyclic) bond motifs is 2. The zero-order valence-corrected chi connectivity index (χ0v) is 19.8. The third kappa shape index (κ3) is 3.92. The first-order valence-electron chi connectivity index (χ1n) is 11.2. The molecule has 2 aliphatic heterocycles. The van der Waals surface area contributed by atoms with Crippen molar-refractivity contribution < 1.29 is 4.74 Å². The van der Waals surface area contributed by atoms with Crippen molar-refractivity contribution in [3.8, 4) is 0 Å². The Hall–Kier alpha value is -0.860. The highest BCUT2D eigenvalue weighted by Gasteiger charge is 2.66. The van der Waals surface area contributed by atoms with E-state index in [0.717, 1.165) is 25.7 Å². The Bertz CT molecular complexity index is 708. The zero-order valence-electron chi connectivity index (χ0n) is 17.5. The normalized spacial score (nSPS) is 32.8. The van der Waals surface area contributed by atoms with Crippen molar-refractivity contribution >= 4 is 29.9 Å². The number of rotatable bonds is 5. The van der Waals surface area contributed by atoms with Gasteiger partial charge in [0.05, 0.1) is 6.10 Å². The topological polar surface area (TPSA) is 48.9 Å². The summed E-state index contributed by atoms with van der Waals surface area (Å²) in [5, 5.41) is 7.44. The van der Waals surface area contributed by atoms with Gasteiger partial charge >= 0.3 is 0 Å². The Kier molecular flexibility index (Phi) is 6.71. The molecule has 160 valence electrons. The summed E-state index contributed by atoms with van der Waals surface area (Å²) in [7, 11) is 1.90. The molecule has 5 nitrogen and oxygen atoms in total. The summed E-state index contributed by atoms with van der Waals surface area (Å²) >= 11 is 0. The van der Waals surface area contributed by atoms with Crippen molar-refractivity contribution in [1.82, 2.24) is 15.5 Å². The Morgan fingerprint density at radius 3 is 2.76 bits per heavy atom. The van der Waals surface area contributed by atoms with E-state index in [4.69, 9.17) is 4.74 Å². The third-order valence-corrected chi connectivity index (χ3v) is 7.78. The Balaban J connectivity index is 0.00000205. The van der Waals surface area contributed by atoms with Crippen LogP contribution in [0, 0.1) is 11.3 Å². The van der Waals surface area contributed by atoms with Crippen LogP contribution in [0.4, 0.5) is 0 Å². The summed E-state index contributed by atoms with van der Waals surface area (Å²) in [4.78, 5) is 7.17. The Morgan fingerprint density at radius 1 is 1.21 bits per heavy atom. The van der Waals surface area contributed by atoms with Crippen LogP contribution >= 0.6 is 24.0 Å². The minimum atomic E-state index is 0. The Morgan fingerprint density at radius 2 is 2.03 bits per heavy atom. The van der Waals surface area contributed by atoms with Crippen LogP contribution in [-0.2, 0) is 11.3 Å². The molecule has 4 fully saturated rings. The van der Waals surface area contributed by atoms with Gasteiger partial charge in [0.2, 0.25) is 0 Å². The predicted molar refractivity (Wildman–Crippen MR) is 128 cm³/mol. The van der Waals surface area contributed by atoms with Gasteiger partial charge in [0.1, 0.15) is 0 Å². The molecule has 2 saturated heterocycles. The molecule has 2 heterocycles. The lowest BCUT2D eigenvalue weighted by Gasteiger charge is -2.63. The van der Waals surface area contributed by atoms with Gasteiger partial charge in [0.25, 0.3) is 0 Å². The van der Waals surface area contributed by atoms with Gasteiger partial charge in [-0.1, -0.05) is 36.8 Å². The number of likely N-dealkylation sites (tertiary alicyclic amines) is 1. The molecule has 1 spiro atoms. The molecular weight excluding hydrogens is 475 g/mol. The van der Waals surface area contributed by atoms with Gasteiger partial charge in [0.15, 0.2) is 5.96 Å². The van der Waals surface area contributed by atoms with Crippen molar-refractivity contribution in [2.45, 2.75) is 63.3 Å². The number of nitrogens with zero attached hydrogens (tertiary/aromatic N) is 2. The summed E-state index contributed by atoms with van der Waals surface area (Å²) in [5.74, 6) is 1.66. The molecule has 29 heavy (non-hydrogen) atoms. The number of ether oxygens (including phenoxy) is 1. The number of benzene rings is 1. The number of hydrogen-bond donors (Lipinski definition) is 2. The molecule has 2 saturated carbocycles. The number of hydrogen-bond acceptors (Lipinski definition) is 3. The van der Waals surface area contributed by atoms with Gasteiger partial charge in [-0.25, -0.2) is 0 Å². The maximum absolute atomic E-state index is 6.06. The SMILES string of the molecule is CN=C(NCC1CCCN1Cc1ccccc1)NC1C2CCOC2C12CCC2.I. The molecule has 0 aromatic heterocycles. The lowest BCUT2D eigenvalue weighted by Crippen LogP contribution is -2.72. The monoisotopic (exact) mass is 510 g/mol. The number of guanidine groups is 1. The molecule has 4 aliphatic rings. The van der Waals surface area contributed by atoms with Gasteiger partial charge < -0.3 is 15.4 Å². The summed E-state index contributed by atoms with van der Waals surface area (Å²) in [6.07, 6.45) is 8.25. The van der Waals surface area contributed by atoms with Crippen molar-refractivity contribution in [3.63, 3.8) is 0 Å². The molecule has 0 bridgehead atoms. The van der Waals surface area contributed by atoms with E-state index in [1.165, 1.54) is 50.6 Å². The lowest BCUT2D eigenvalue weighted by molar-refractivity contribution is -0.171. The van der Waals surface area contributed by atoms with E-state index >= 15 is 0 Å². The minimum absolute atomic E-state index is 0. The lowest BCUT2D eigenvalue weighted by atomic mass is 9.46. The summed E-state index contributed by atoms with van der Waals surface area (Å²) in [6, 6.07) is 12.0. The number of nitrogens with one attached hydrogen (secondary N) is 2. The number of halogens is 1. The van der Waals surface area contributed by atoms with E-state index in [1.54, 1.807) is 0 Å². The predicted octanol–water partition coefficient (Wildman–Crippen LogP) is 3.39. The van der Waals surface area contributed by atoms with Gasteiger partial charge in [-0.3, -0.25) is 9.89 Å². The minimum Gasteiger partial charge on any atom is -0.377 e. The van der Waals surface area contributed by atoms with Crippen LogP contribution in [0.3, 0.4) is 0 Å². The van der Waals surface area contributed by atoms with Gasteiger partial charge in [-0.2, -0.15) is 0 Å². The van der Waals surface area contributed by atoms with Gasteiger partial charge in [-0.15, -0.1) is 24.0 Å². The van der Waals surface area contributed by atoms with Crippen LogP contribution in [-0.4, -0.2) is 55.8 Å². The van der Waals surface area contributed by atoms with Crippen LogP contribution in [0.15, 0.2) is 35.3 Å². The van der Waals surface area contributed by atoms with Crippen LogP contribution < -0.4 is 10.6 Å². The van der Waals surface area contributed by atoms with Gasteiger partial charge in [-0.05, 0) is 44.2 Å². The van der Waals surface area contributed by atoms with E-state index in [9.17, 15) is 0 Å². The average Bonchev–Trinajstić information content (AvgIpc) is 3.30.